The Morgan fingerprint density at radius 2 is 1.94 bits per heavy atom. The van der Waals surface area contributed by atoms with Gasteiger partial charge in [0.05, 0.1) is 29.2 Å². The minimum absolute atomic E-state index is 0.0118. The number of carbonyl (C=O) groups is 2. The van der Waals surface area contributed by atoms with E-state index in [1.807, 2.05) is 12.3 Å². The monoisotopic (exact) mass is 466 g/mol. The number of aliphatic hydroxyl groups excluding tert-OH is 1. The molecule has 0 aliphatic rings. The van der Waals surface area contributed by atoms with Gasteiger partial charge in [-0.05, 0) is 42.0 Å². The highest BCUT2D eigenvalue weighted by molar-refractivity contribution is 6.31. The van der Waals surface area contributed by atoms with Gasteiger partial charge in [0.1, 0.15) is 5.82 Å². The Morgan fingerprint density at radius 1 is 1.12 bits per heavy atom. The standard InChI is InChI=1S/C24H20ClFN4O3/c1-14(32)29-21-11-18(15-3-2-4-17(9-15)24(33)27-7-8-31)13-30-22(12-28-23(21)30)16-5-6-20(26)19(25)10-16/h2-6,9-13,31H,7-8H2,1H3,(H,27,33)(H,29,32). The SMILES string of the molecule is CC(=O)Nc1cc(-c2cccc(C(=O)NCCO)c2)cn2c(-c3ccc(F)c(Cl)c3)cnc12. The van der Waals surface area contributed by atoms with E-state index < -0.39 is 5.82 Å². The molecule has 4 rings (SSSR count). The number of amides is 2. The van der Waals surface area contributed by atoms with Gasteiger partial charge in [-0.25, -0.2) is 9.37 Å². The van der Waals surface area contributed by atoms with Crippen molar-refractivity contribution in [3.63, 3.8) is 0 Å². The summed E-state index contributed by atoms with van der Waals surface area (Å²) in [6.07, 6.45) is 3.44. The Kier molecular flexibility index (Phi) is 6.39. The lowest BCUT2D eigenvalue weighted by Gasteiger charge is -2.12. The topological polar surface area (TPSA) is 95.7 Å². The number of hydrogen-bond donors (Lipinski definition) is 3. The second-order valence-corrected chi connectivity index (χ2v) is 7.76. The lowest BCUT2D eigenvalue weighted by molar-refractivity contribution is -0.114. The van der Waals surface area contributed by atoms with Gasteiger partial charge in [-0.2, -0.15) is 0 Å². The summed E-state index contributed by atoms with van der Waals surface area (Å²) in [5, 5.41) is 14.4. The van der Waals surface area contributed by atoms with Crippen molar-refractivity contribution in [3.05, 3.63) is 77.3 Å². The smallest absolute Gasteiger partial charge is 0.251 e. The molecule has 9 heteroatoms. The molecule has 0 atom stereocenters. The molecule has 3 N–H and O–H groups in total. The average Bonchev–Trinajstić information content (AvgIpc) is 3.23. The second kappa shape index (κ2) is 9.40. The van der Waals surface area contributed by atoms with Gasteiger partial charge in [-0.1, -0.05) is 23.7 Å². The molecule has 2 aromatic carbocycles. The quantitative estimate of drug-likeness (QED) is 0.398. The van der Waals surface area contributed by atoms with Crippen molar-refractivity contribution in [3.8, 4) is 22.4 Å². The molecule has 0 bridgehead atoms. The number of fused-ring (bicyclic) bond motifs is 1. The molecule has 0 radical (unpaired) electrons. The highest BCUT2D eigenvalue weighted by Crippen LogP contribution is 2.32. The fourth-order valence-electron chi connectivity index (χ4n) is 3.51. The molecule has 0 saturated carbocycles. The Morgan fingerprint density at radius 3 is 2.67 bits per heavy atom. The Balaban J connectivity index is 1.86. The highest BCUT2D eigenvalue weighted by Gasteiger charge is 2.15. The number of pyridine rings is 1. The van der Waals surface area contributed by atoms with Gasteiger partial charge in [-0.3, -0.25) is 14.0 Å². The number of nitrogens with zero attached hydrogens (tertiary/aromatic N) is 2. The molecule has 0 fully saturated rings. The van der Waals surface area contributed by atoms with Crippen molar-refractivity contribution in [1.82, 2.24) is 14.7 Å². The summed E-state index contributed by atoms with van der Waals surface area (Å²) >= 11 is 5.98. The maximum atomic E-state index is 13.7. The lowest BCUT2D eigenvalue weighted by atomic mass is 10.0. The number of imidazole rings is 1. The van der Waals surface area contributed by atoms with E-state index in [0.717, 1.165) is 11.1 Å². The van der Waals surface area contributed by atoms with Crippen LogP contribution in [-0.4, -0.2) is 39.5 Å². The van der Waals surface area contributed by atoms with Crippen LogP contribution in [0.5, 0.6) is 0 Å². The fraction of sp³-hybridized carbons (Fsp3) is 0.125. The number of nitrogens with one attached hydrogen (secondary N) is 2. The first kappa shape index (κ1) is 22.4. The zero-order valence-electron chi connectivity index (χ0n) is 17.6. The number of carbonyl (C=O) groups excluding carboxylic acids is 2. The summed E-state index contributed by atoms with van der Waals surface area (Å²) in [7, 11) is 0. The number of halogens is 2. The van der Waals surface area contributed by atoms with E-state index in [-0.39, 0.29) is 30.0 Å². The van der Waals surface area contributed by atoms with E-state index in [0.29, 0.717) is 28.2 Å². The molecule has 2 aromatic heterocycles. The largest absolute Gasteiger partial charge is 0.395 e. The summed E-state index contributed by atoms with van der Waals surface area (Å²) in [5.74, 6) is -1.09. The van der Waals surface area contributed by atoms with Crippen LogP contribution in [0.1, 0.15) is 17.3 Å². The molecule has 4 aromatic rings. The molecule has 0 unspecified atom stereocenters. The maximum Gasteiger partial charge on any atom is 0.251 e. The average molecular weight is 467 g/mol. The number of rotatable bonds is 6. The van der Waals surface area contributed by atoms with Crippen molar-refractivity contribution < 1.29 is 19.1 Å². The van der Waals surface area contributed by atoms with E-state index in [4.69, 9.17) is 16.7 Å². The molecule has 0 saturated heterocycles. The van der Waals surface area contributed by atoms with Gasteiger partial charge in [0.25, 0.3) is 5.91 Å². The number of benzene rings is 2. The van der Waals surface area contributed by atoms with Crippen LogP contribution in [0.3, 0.4) is 0 Å². The zero-order valence-corrected chi connectivity index (χ0v) is 18.4. The van der Waals surface area contributed by atoms with E-state index in [1.165, 1.54) is 19.1 Å². The van der Waals surface area contributed by atoms with E-state index in [9.17, 15) is 14.0 Å². The molecular weight excluding hydrogens is 447 g/mol. The van der Waals surface area contributed by atoms with Gasteiger partial charge in [0.2, 0.25) is 5.91 Å². The number of hydrogen-bond acceptors (Lipinski definition) is 4. The van der Waals surface area contributed by atoms with Crippen molar-refractivity contribution in [1.29, 1.82) is 0 Å². The molecular formula is C24H20ClFN4O3. The molecule has 2 amide bonds. The van der Waals surface area contributed by atoms with E-state index >= 15 is 0 Å². The van der Waals surface area contributed by atoms with Gasteiger partial charge in [0.15, 0.2) is 5.65 Å². The summed E-state index contributed by atoms with van der Waals surface area (Å²) in [6.45, 7) is 1.40. The number of anilines is 1. The second-order valence-electron chi connectivity index (χ2n) is 7.35. The minimum Gasteiger partial charge on any atom is -0.395 e. The summed E-state index contributed by atoms with van der Waals surface area (Å²) < 4.78 is 15.5. The van der Waals surface area contributed by atoms with Crippen LogP contribution < -0.4 is 10.6 Å². The van der Waals surface area contributed by atoms with Crippen LogP contribution in [-0.2, 0) is 4.79 Å². The predicted octanol–water partition coefficient (Wildman–Crippen LogP) is 4.14. The fourth-order valence-corrected chi connectivity index (χ4v) is 3.69. The van der Waals surface area contributed by atoms with Gasteiger partial charge in [0, 0.05) is 36.4 Å². The summed E-state index contributed by atoms with van der Waals surface area (Å²) in [4.78, 5) is 28.6. The summed E-state index contributed by atoms with van der Waals surface area (Å²) in [5.41, 5.74) is 4.16. The van der Waals surface area contributed by atoms with Gasteiger partial charge >= 0.3 is 0 Å². The third-order valence-electron chi connectivity index (χ3n) is 4.99. The van der Waals surface area contributed by atoms with Crippen LogP contribution in [0, 0.1) is 5.82 Å². The first-order valence-electron chi connectivity index (χ1n) is 10.1. The Labute approximate surface area is 193 Å². The van der Waals surface area contributed by atoms with Crippen molar-refractivity contribution in [2.75, 3.05) is 18.5 Å². The van der Waals surface area contributed by atoms with Crippen molar-refractivity contribution in [2.45, 2.75) is 6.92 Å². The molecule has 0 aliphatic heterocycles. The molecule has 168 valence electrons. The highest BCUT2D eigenvalue weighted by atomic mass is 35.5. The van der Waals surface area contributed by atoms with Crippen LogP contribution in [0.25, 0.3) is 28.0 Å². The third kappa shape index (κ3) is 4.72. The minimum atomic E-state index is -0.523. The number of aliphatic hydroxyl groups is 1. The van der Waals surface area contributed by atoms with Crippen LogP contribution in [0.2, 0.25) is 5.02 Å². The van der Waals surface area contributed by atoms with Gasteiger partial charge in [-0.15, -0.1) is 0 Å². The van der Waals surface area contributed by atoms with Crippen molar-refractivity contribution >= 4 is 34.7 Å². The normalized spacial score (nSPS) is 10.9. The zero-order chi connectivity index (χ0) is 23.5. The van der Waals surface area contributed by atoms with Gasteiger partial charge < -0.3 is 15.7 Å². The lowest BCUT2D eigenvalue weighted by Crippen LogP contribution is -2.26. The number of aromatic nitrogens is 2. The van der Waals surface area contributed by atoms with Crippen molar-refractivity contribution in [2.24, 2.45) is 0 Å². The van der Waals surface area contributed by atoms with Crippen LogP contribution >= 0.6 is 11.6 Å². The van der Waals surface area contributed by atoms with E-state index in [1.54, 1.807) is 40.9 Å². The van der Waals surface area contributed by atoms with E-state index in [2.05, 4.69) is 15.6 Å². The molecule has 7 nitrogen and oxygen atoms in total. The third-order valence-corrected chi connectivity index (χ3v) is 5.28. The first-order valence-corrected chi connectivity index (χ1v) is 10.5. The molecule has 0 aliphatic carbocycles. The maximum absolute atomic E-state index is 13.7. The Bertz CT molecular complexity index is 1370. The predicted molar refractivity (Wildman–Crippen MR) is 125 cm³/mol. The molecule has 0 spiro atoms. The van der Waals surface area contributed by atoms with Crippen LogP contribution in [0.15, 0.2) is 60.9 Å². The first-order chi connectivity index (χ1) is 15.9. The molecule has 2 heterocycles. The van der Waals surface area contributed by atoms with Crippen LogP contribution in [0.4, 0.5) is 10.1 Å². The summed E-state index contributed by atoms with van der Waals surface area (Å²) in [6, 6.07) is 13.1. The Hall–Kier alpha value is -3.75. The molecule has 33 heavy (non-hydrogen) atoms.